The molecule has 0 unspecified atom stereocenters. The van der Waals surface area contributed by atoms with E-state index in [1.54, 1.807) is 7.11 Å². The Morgan fingerprint density at radius 2 is 2.15 bits per heavy atom. The Morgan fingerprint density at radius 1 is 1.45 bits per heavy atom. The number of ether oxygens (including phenoxy) is 1. The van der Waals surface area contributed by atoms with Gasteiger partial charge in [-0.3, -0.25) is 0 Å². The first-order valence-corrected chi connectivity index (χ1v) is 6.77. The Hall–Kier alpha value is -1.59. The summed E-state index contributed by atoms with van der Waals surface area (Å²) >= 11 is 6.32. The second-order valence-electron chi connectivity index (χ2n) is 4.85. The predicted octanol–water partition coefficient (Wildman–Crippen LogP) is 3.29. The monoisotopic (exact) mass is 295 g/mol. The van der Waals surface area contributed by atoms with Gasteiger partial charge in [-0.05, 0) is 30.0 Å². The average molecular weight is 296 g/mol. The summed E-state index contributed by atoms with van der Waals surface area (Å²) in [5.74, 6) is 1.82. The lowest BCUT2D eigenvalue weighted by atomic mass is 9.95. The fourth-order valence-electron chi connectivity index (χ4n) is 2.10. The van der Waals surface area contributed by atoms with Crippen LogP contribution in [0.2, 0.25) is 5.02 Å². The average Bonchev–Trinajstić information content (AvgIpc) is 2.89. The van der Waals surface area contributed by atoms with Gasteiger partial charge < -0.3 is 15.0 Å². The van der Waals surface area contributed by atoms with Crippen LogP contribution in [0, 0.1) is 6.92 Å². The molecule has 2 rings (SSSR count). The molecule has 0 fully saturated rings. The number of benzene rings is 1. The summed E-state index contributed by atoms with van der Waals surface area (Å²) in [6.45, 7) is 6.26. The van der Waals surface area contributed by atoms with E-state index in [0.29, 0.717) is 16.7 Å². The lowest BCUT2D eigenvalue weighted by Gasteiger charge is -2.17. The van der Waals surface area contributed by atoms with Crippen molar-refractivity contribution in [3.63, 3.8) is 0 Å². The molecule has 0 aliphatic carbocycles. The second kappa shape index (κ2) is 5.81. The van der Waals surface area contributed by atoms with Crippen molar-refractivity contribution in [2.24, 2.45) is 5.73 Å². The zero-order chi connectivity index (χ0) is 14.9. The molecule has 0 aliphatic rings. The van der Waals surface area contributed by atoms with E-state index in [1.165, 1.54) is 0 Å². The molecule has 0 amide bonds. The van der Waals surface area contributed by atoms with Crippen LogP contribution in [0.15, 0.2) is 10.6 Å². The first kappa shape index (κ1) is 14.8. The minimum Gasteiger partial charge on any atom is -0.496 e. The molecular formula is C14H18ClN3O2. The van der Waals surface area contributed by atoms with Gasteiger partial charge in [-0.2, -0.15) is 4.98 Å². The number of nitrogens with two attached hydrogens (primary N) is 1. The first-order chi connectivity index (χ1) is 9.49. The molecule has 0 saturated carbocycles. The summed E-state index contributed by atoms with van der Waals surface area (Å²) in [5, 5.41) is 4.62. The van der Waals surface area contributed by atoms with Gasteiger partial charge in [-0.1, -0.05) is 30.6 Å². The lowest BCUT2D eigenvalue weighted by molar-refractivity contribution is 0.379. The Balaban J connectivity index is 2.72. The van der Waals surface area contributed by atoms with E-state index >= 15 is 0 Å². The third-order valence-corrected chi connectivity index (χ3v) is 3.59. The van der Waals surface area contributed by atoms with Crippen LogP contribution in [0.4, 0.5) is 0 Å². The highest BCUT2D eigenvalue weighted by Gasteiger charge is 2.22. The minimum absolute atomic E-state index is 0.200. The molecule has 0 aliphatic heterocycles. The van der Waals surface area contributed by atoms with Crippen molar-refractivity contribution >= 4 is 11.6 Å². The standard InChI is InChI=1S/C14H18ClN3O2/c1-7(2)9-5-10(15)8(3)12(13(9)19-4)14-17-11(6-16)20-18-14/h5,7H,6,16H2,1-4H3. The lowest BCUT2D eigenvalue weighted by Crippen LogP contribution is -2.01. The molecule has 108 valence electrons. The molecule has 6 heteroatoms. The summed E-state index contributed by atoms with van der Waals surface area (Å²) in [4.78, 5) is 4.27. The highest BCUT2D eigenvalue weighted by atomic mass is 35.5. The van der Waals surface area contributed by atoms with Crippen molar-refractivity contribution in [3.8, 4) is 17.1 Å². The number of methoxy groups -OCH3 is 1. The van der Waals surface area contributed by atoms with Crippen LogP contribution in [0.5, 0.6) is 5.75 Å². The summed E-state index contributed by atoms with van der Waals surface area (Å²) < 4.78 is 10.6. The molecule has 2 aromatic rings. The summed E-state index contributed by atoms with van der Waals surface area (Å²) in [6, 6.07) is 1.92. The highest BCUT2D eigenvalue weighted by molar-refractivity contribution is 6.32. The summed E-state index contributed by atoms with van der Waals surface area (Å²) in [5.41, 5.74) is 8.13. The molecule has 2 N–H and O–H groups in total. The number of hydrogen-bond donors (Lipinski definition) is 1. The van der Waals surface area contributed by atoms with Crippen LogP contribution in [-0.4, -0.2) is 17.3 Å². The van der Waals surface area contributed by atoms with E-state index in [2.05, 4.69) is 24.0 Å². The molecule has 0 radical (unpaired) electrons. The van der Waals surface area contributed by atoms with Crippen molar-refractivity contribution in [1.29, 1.82) is 0 Å². The normalized spacial score (nSPS) is 11.2. The van der Waals surface area contributed by atoms with E-state index < -0.39 is 0 Å². The summed E-state index contributed by atoms with van der Waals surface area (Å²) in [7, 11) is 1.63. The van der Waals surface area contributed by atoms with E-state index in [1.807, 2.05) is 13.0 Å². The second-order valence-corrected chi connectivity index (χ2v) is 5.26. The summed E-state index contributed by atoms with van der Waals surface area (Å²) in [6.07, 6.45) is 0. The smallest absolute Gasteiger partial charge is 0.240 e. The van der Waals surface area contributed by atoms with Gasteiger partial charge in [0.1, 0.15) is 5.75 Å². The van der Waals surface area contributed by atoms with Gasteiger partial charge in [0.15, 0.2) is 0 Å². The third kappa shape index (κ3) is 2.51. The fourth-order valence-corrected chi connectivity index (χ4v) is 2.31. The van der Waals surface area contributed by atoms with Gasteiger partial charge in [-0.15, -0.1) is 0 Å². The quantitative estimate of drug-likeness (QED) is 0.937. The Morgan fingerprint density at radius 3 is 2.65 bits per heavy atom. The molecule has 1 aromatic carbocycles. The first-order valence-electron chi connectivity index (χ1n) is 6.39. The number of rotatable bonds is 4. The Kier molecular flexibility index (Phi) is 4.30. The van der Waals surface area contributed by atoms with Gasteiger partial charge in [0, 0.05) is 5.02 Å². The maximum Gasteiger partial charge on any atom is 0.240 e. The van der Waals surface area contributed by atoms with Crippen molar-refractivity contribution in [1.82, 2.24) is 10.1 Å². The molecule has 0 bridgehead atoms. The SMILES string of the molecule is COc1c(C(C)C)cc(Cl)c(C)c1-c1noc(CN)n1. The van der Waals surface area contributed by atoms with E-state index in [-0.39, 0.29) is 12.5 Å². The molecule has 20 heavy (non-hydrogen) atoms. The number of aromatic nitrogens is 2. The van der Waals surface area contributed by atoms with Crippen LogP contribution in [0.1, 0.15) is 36.8 Å². The Bertz CT molecular complexity index is 623. The van der Waals surface area contributed by atoms with Crippen molar-refractivity contribution in [2.75, 3.05) is 7.11 Å². The van der Waals surface area contributed by atoms with E-state index in [0.717, 1.165) is 22.4 Å². The molecular weight excluding hydrogens is 278 g/mol. The molecule has 0 saturated heterocycles. The maximum atomic E-state index is 6.32. The van der Waals surface area contributed by atoms with Crippen molar-refractivity contribution in [2.45, 2.75) is 33.2 Å². The highest BCUT2D eigenvalue weighted by Crippen LogP contribution is 2.41. The van der Waals surface area contributed by atoms with E-state index in [9.17, 15) is 0 Å². The van der Waals surface area contributed by atoms with Gasteiger partial charge in [0.2, 0.25) is 11.7 Å². The van der Waals surface area contributed by atoms with Crippen molar-refractivity contribution in [3.05, 3.63) is 28.1 Å². The van der Waals surface area contributed by atoms with Crippen molar-refractivity contribution < 1.29 is 9.26 Å². The van der Waals surface area contributed by atoms with Crippen LogP contribution >= 0.6 is 11.6 Å². The number of halogens is 1. The maximum absolute atomic E-state index is 6.32. The largest absolute Gasteiger partial charge is 0.496 e. The molecule has 0 spiro atoms. The molecule has 0 atom stereocenters. The van der Waals surface area contributed by atoms with Crippen LogP contribution < -0.4 is 10.5 Å². The van der Waals surface area contributed by atoms with Crippen LogP contribution in [-0.2, 0) is 6.54 Å². The molecule has 1 heterocycles. The minimum atomic E-state index is 0.200. The van der Waals surface area contributed by atoms with Crippen LogP contribution in [0.25, 0.3) is 11.4 Å². The number of nitrogens with zero attached hydrogens (tertiary/aromatic N) is 2. The van der Waals surface area contributed by atoms with Gasteiger partial charge in [0.25, 0.3) is 0 Å². The van der Waals surface area contributed by atoms with E-state index in [4.69, 9.17) is 26.6 Å². The Labute approximate surface area is 123 Å². The molecule has 1 aromatic heterocycles. The van der Waals surface area contributed by atoms with Gasteiger partial charge in [-0.25, -0.2) is 0 Å². The van der Waals surface area contributed by atoms with Gasteiger partial charge in [0.05, 0.1) is 19.2 Å². The number of hydrogen-bond acceptors (Lipinski definition) is 5. The zero-order valence-electron chi connectivity index (χ0n) is 12.0. The van der Waals surface area contributed by atoms with Crippen LogP contribution in [0.3, 0.4) is 0 Å². The topological polar surface area (TPSA) is 74.2 Å². The fraction of sp³-hybridized carbons (Fsp3) is 0.429. The molecule has 5 nitrogen and oxygen atoms in total. The zero-order valence-corrected chi connectivity index (χ0v) is 12.8. The van der Waals surface area contributed by atoms with Gasteiger partial charge >= 0.3 is 0 Å². The third-order valence-electron chi connectivity index (χ3n) is 3.20. The predicted molar refractivity (Wildman–Crippen MR) is 78.0 cm³/mol.